The summed E-state index contributed by atoms with van der Waals surface area (Å²) in [5.41, 5.74) is -0.974. The van der Waals surface area contributed by atoms with Gasteiger partial charge in [0.05, 0.1) is 6.42 Å². The number of halogens is 3. The van der Waals surface area contributed by atoms with Crippen molar-refractivity contribution in [2.75, 3.05) is 6.16 Å². The number of hydrogen-bond acceptors (Lipinski definition) is 1. The van der Waals surface area contributed by atoms with Crippen LogP contribution in [0.3, 0.4) is 0 Å². The van der Waals surface area contributed by atoms with Crippen LogP contribution in [0.25, 0.3) is 0 Å². The average molecular weight is 243 g/mol. The summed E-state index contributed by atoms with van der Waals surface area (Å²) in [6.45, 7) is 0. The molecule has 0 aromatic heterocycles. The molecule has 1 aliphatic carbocycles. The van der Waals surface area contributed by atoms with Crippen LogP contribution in [0, 0.1) is 5.41 Å². The summed E-state index contributed by atoms with van der Waals surface area (Å²) in [7, 11) is -2.47. The van der Waals surface area contributed by atoms with Crippen molar-refractivity contribution in [1.82, 2.24) is 0 Å². The zero-order chi connectivity index (χ0) is 11.5. The summed E-state index contributed by atoms with van der Waals surface area (Å²) in [6, 6.07) is 0. The van der Waals surface area contributed by atoms with Gasteiger partial charge in [-0.1, -0.05) is 19.3 Å². The molecule has 1 aliphatic rings. The molecule has 0 bridgehead atoms. The van der Waals surface area contributed by atoms with Crippen molar-refractivity contribution in [3.8, 4) is 0 Å². The highest BCUT2D eigenvalue weighted by atomic mass is 31.1. The molecule has 15 heavy (non-hydrogen) atoms. The SMILES string of the molecule is O=[P+](O)CC1(CC(F)(F)F)CCCCC1. The van der Waals surface area contributed by atoms with E-state index in [9.17, 15) is 17.7 Å². The standard InChI is InChI=1S/C9H14F3O2P/c10-9(11,12)6-8(7-15(13)14)4-2-1-3-5-8/h1-7H2/p+1. The van der Waals surface area contributed by atoms with Crippen molar-refractivity contribution < 1.29 is 22.6 Å². The third kappa shape index (κ3) is 4.47. The zero-order valence-electron chi connectivity index (χ0n) is 8.39. The minimum absolute atomic E-state index is 0.207. The highest BCUT2D eigenvalue weighted by Crippen LogP contribution is 2.48. The van der Waals surface area contributed by atoms with Crippen molar-refractivity contribution in [2.45, 2.75) is 44.7 Å². The van der Waals surface area contributed by atoms with Crippen LogP contribution in [0.4, 0.5) is 13.2 Å². The fourth-order valence-corrected chi connectivity index (χ4v) is 3.41. The van der Waals surface area contributed by atoms with E-state index in [-0.39, 0.29) is 6.16 Å². The topological polar surface area (TPSA) is 37.3 Å². The summed E-state index contributed by atoms with van der Waals surface area (Å²) in [4.78, 5) is 8.81. The van der Waals surface area contributed by atoms with Crippen molar-refractivity contribution >= 4 is 8.03 Å². The molecular formula is C9H15F3O2P+. The lowest BCUT2D eigenvalue weighted by Gasteiger charge is -2.33. The van der Waals surface area contributed by atoms with Gasteiger partial charge in [0.1, 0.15) is 0 Å². The third-order valence-corrected chi connectivity index (χ3v) is 3.90. The van der Waals surface area contributed by atoms with Crippen LogP contribution < -0.4 is 0 Å². The van der Waals surface area contributed by atoms with E-state index >= 15 is 0 Å². The molecule has 1 N–H and O–H groups in total. The second kappa shape index (κ2) is 4.79. The van der Waals surface area contributed by atoms with Gasteiger partial charge in [-0.2, -0.15) is 18.1 Å². The Morgan fingerprint density at radius 2 is 1.73 bits per heavy atom. The van der Waals surface area contributed by atoms with Gasteiger partial charge in [-0.3, -0.25) is 0 Å². The molecule has 0 amide bonds. The Morgan fingerprint density at radius 1 is 1.20 bits per heavy atom. The molecule has 0 heterocycles. The quantitative estimate of drug-likeness (QED) is 0.768. The largest absolute Gasteiger partial charge is 0.506 e. The maximum absolute atomic E-state index is 12.4. The molecule has 1 fully saturated rings. The minimum Gasteiger partial charge on any atom is -0.171 e. The highest BCUT2D eigenvalue weighted by molar-refractivity contribution is 7.38. The van der Waals surface area contributed by atoms with Crippen LogP contribution in [0.5, 0.6) is 0 Å². The summed E-state index contributed by atoms with van der Waals surface area (Å²) in [5, 5.41) is 0. The van der Waals surface area contributed by atoms with Gasteiger partial charge in [0, 0.05) is 5.41 Å². The summed E-state index contributed by atoms with van der Waals surface area (Å²) in [5.74, 6) is 0. The van der Waals surface area contributed by atoms with Crippen LogP contribution >= 0.6 is 8.03 Å². The van der Waals surface area contributed by atoms with Gasteiger partial charge < -0.3 is 0 Å². The summed E-state index contributed by atoms with van der Waals surface area (Å²) >= 11 is 0. The lowest BCUT2D eigenvalue weighted by atomic mass is 9.73. The van der Waals surface area contributed by atoms with E-state index in [0.717, 1.165) is 19.3 Å². The fraction of sp³-hybridized carbons (Fsp3) is 1.00. The number of alkyl halides is 3. The van der Waals surface area contributed by atoms with E-state index in [2.05, 4.69) is 0 Å². The minimum atomic E-state index is -4.23. The van der Waals surface area contributed by atoms with Crippen molar-refractivity contribution in [3.05, 3.63) is 0 Å². The Morgan fingerprint density at radius 3 is 2.13 bits per heavy atom. The molecule has 1 saturated carbocycles. The first-order valence-corrected chi connectivity index (χ1v) is 6.43. The number of hydrogen-bond donors (Lipinski definition) is 1. The van der Waals surface area contributed by atoms with E-state index in [1.165, 1.54) is 0 Å². The Balaban J connectivity index is 2.70. The van der Waals surface area contributed by atoms with E-state index in [1.807, 2.05) is 0 Å². The van der Waals surface area contributed by atoms with Crippen LogP contribution in [-0.4, -0.2) is 17.2 Å². The maximum Gasteiger partial charge on any atom is 0.506 e. The first-order chi connectivity index (χ1) is 6.83. The van der Waals surface area contributed by atoms with Crippen molar-refractivity contribution in [1.29, 1.82) is 0 Å². The van der Waals surface area contributed by atoms with Gasteiger partial charge in [-0.05, 0) is 17.4 Å². The molecular weight excluding hydrogens is 228 g/mol. The predicted octanol–water partition coefficient (Wildman–Crippen LogP) is 3.62. The number of rotatable bonds is 3. The van der Waals surface area contributed by atoms with Crippen molar-refractivity contribution in [2.24, 2.45) is 5.41 Å². The molecule has 0 radical (unpaired) electrons. The third-order valence-electron chi connectivity index (χ3n) is 2.96. The van der Waals surface area contributed by atoms with Crippen LogP contribution in [0.15, 0.2) is 0 Å². The van der Waals surface area contributed by atoms with E-state index in [4.69, 9.17) is 4.89 Å². The smallest absolute Gasteiger partial charge is 0.171 e. The van der Waals surface area contributed by atoms with Gasteiger partial charge in [-0.25, -0.2) is 0 Å². The van der Waals surface area contributed by atoms with Crippen LogP contribution in [0.2, 0.25) is 0 Å². The monoisotopic (exact) mass is 243 g/mol. The molecule has 2 nitrogen and oxygen atoms in total. The van der Waals surface area contributed by atoms with Gasteiger partial charge >= 0.3 is 14.2 Å². The molecule has 0 aromatic rings. The zero-order valence-corrected chi connectivity index (χ0v) is 9.28. The van der Waals surface area contributed by atoms with Gasteiger partial charge in [0.15, 0.2) is 6.16 Å². The summed E-state index contributed by atoms with van der Waals surface area (Å²) in [6.07, 6.45) is -2.10. The molecule has 0 saturated heterocycles. The summed E-state index contributed by atoms with van der Waals surface area (Å²) < 4.78 is 47.8. The first-order valence-electron chi connectivity index (χ1n) is 5.03. The second-order valence-electron chi connectivity index (χ2n) is 4.36. The Labute approximate surface area is 87.7 Å². The molecule has 6 heteroatoms. The van der Waals surface area contributed by atoms with Crippen molar-refractivity contribution in [3.63, 3.8) is 0 Å². The Bertz CT molecular complexity index is 234. The van der Waals surface area contributed by atoms with Gasteiger partial charge in [-0.15, -0.1) is 0 Å². The highest BCUT2D eigenvalue weighted by Gasteiger charge is 2.47. The molecule has 0 aromatic carbocycles. The van der Waals surface area contributed by atoms with E-state index in [1.54, 1.807) is 0 Å². The van der Waals surface area contributed by atoms with Gasteiger partial charge in [0.2, 0.25) is 0 Å². The molecule has 1 rings (SSSR count). The predicted molar refractivity (Wildman–Crippen MR) is 50.9 cm³/mol. The van der Waals surface area contributed by atoms with Crippen LogP contribution in [0.1, 0.15) is 38.5 Å². The molecule has 0 aliphatic heterocycles. The molecule has 0 spiro atoms. The molecule has 88 valence electrons. The Kier molecular flexibility index (Phi) is 4.13. The average Bonchev–Trinajstić information content (AvgIpc) is 1.99. The lowest BCUT2D eigenvalue weighted by Crippen LogP contribution is -2.32. The Hall–Kier alpha value is -0.150. The molecule has 1 atom stereocenters. The molecule has 1 unspecified atom stereocenters. The maximum atomic E-state index is 12.4. The normalized spacial score (nSPS) is 22.5. The fourth-order valence-electron chi connectivity index (χ4n) is 2.40. The van der Waals surface area contributed by atoms with E-state index in [0.29, 0.717) is 12.8 Å². The first kappa shape index (κ1) is 12.9. The lowest BCUT2D eigenvalue weighted by molar-refractivity contribution is -0.159. The second-order valence-corrected chi connectivity index (χ2v) is 5.38. The van der Waals surface area contributed by atoms with Crippen LogP contribution in [-0.2, 0) is 4.57 Å². The van der Waals surface area contributed by atoms with E-state index < -0.39 is 26.0 Å². The van der Waals surface area contributed by atoms with Gasteiger partial charge in [0.25, 0.3) is 0 Å².